The predicted molar refractivity (Wildman–Crippen MR) is 128 cm³/mol. The van der Waals surface area contributed by atoms with Crippen LogP contribution in [-0.2, 0) is 4.79 Å². The van der Waals surface area contributed by atoms with Crippen molar-refractivity contribution in [3.05, 3.63) is 59.7 Å². The van der Waals surface area contributed by atoms with E-state index in [1.165, 1.54) is 0 Å². The summed E-state index contributed by atoms with van der Waals surface area (Å²) >= 11 is 0. The summed E-state index contributed by atoms with van der Waals surface area (Å²) in [5.41, 5.74) is 1.47. The van der Waals surface area contributed by atoms with Gasteiger partial charge in [0, 0.05) is 37.8 Å². The van der Waals surface area contributed by atoms with E-state index in [1.54, 1.807) is 60.4 Å². The van der Waals surface area contributed by atoms with Crippen molar-refractivity contribution in [2.45, 2.75) is 19.8 Å². The zero-order valence-corrected chi connectivity index (χ0v) is 19.6. The van der Waals surface area contributed by atoms with Crippen LogP contribution < -0.4 is 14.2 Å². The zero-order chi connectivity index (χ0) is 23.6. The van der Waals surface area contributed by atoms with Crippen LogP contribution in [0.25, 0.3) is 6.08 Å². The molecule has 2 amide bonds. The van der Waals surface area contributed by atoms with Gasteiger partial charge in [0.05, 0.1) is 20.8 Å². The number of amides is 2. The van der Waals surface area contributed by atoms with Crippen LogP contribution in [0.15, 0.2) is 48.5 Å². The maximum atomic E-state index is 12.7. The summed E-state index contributed by atoms with van der Waals surface area (Å²) in [6, 6.07) is 12.7. The molecule has 0 saturated carbocycles. The van der Waals surface area contributed by atoms with E-state index < -0.39 is 0 Å². The molecule has 1 saturated heterocycles. The summed E-state index contributed by atoms with van der Waals surface area (Å²) in [5, 5.41) is 0. The molecule has 1 heterocycles. The highest BCUT2D eigenvalue weighted by molar-refractivity contribution is 5.95. The first-order valence-corrected chi connectivity index (χ1v) is 11.3. The molecule has 0 aliphatic carbocycles. The van der Waals surface area contributed by atoms with Gasteiger partial charge in [-0.2, -0.15) is 0 Å². The number of hydrogen-bond donors (Lipinski definition) is 0. The fourth-order valence-electron chi connectivity index (χ4n) is 3.55. The molecule has 0 radical (unpaired) electrons. The van der Waals surface area contributed by atoms with Crippen molar-refractivity contribution < 1.29 is 23.8 Å². The average Bonchev–Trinajstić information content (AvgIpc) is 2.87. The lowest BCUT2D eigenvalue weighted by Gasteiger charge is -2.34. The van der Waals surface area contributed by atoms with Gasteiger partial charge in [-0.25, -0.2) is 0 Å². The Morgan fingerprint density at radius 2 is 1.61 bits per heavy atom. The second-order valence-corrected chi connectivity index (χ2v) is 7.79. The molecule has 0 bridgehead atoms. The van der Waals surface area contributed by atoms with Gasteiger partial charge in [-0.3, -0.25) is 9.59 Å². The minimum absolute atomic E-state index is 0.0337. The summed E-state index contributed by atoms with van der Waals surface area (Å²) in [7, 11) is 3.20. The smallest absolute Gasteiger partial charge is 0.253 e. The lowest BCUT2D eigenvalue weighted by atomic mass is 10.1. The Kier molecular flexibility index (Phi) is 8.75. The van der Waals surface area contributed by atoms with Crippen molar-refractivity contribution in [1.29, 1.82) is 0 Å². The van der Waals surface area contributed by atoms with Crippen molar-refractivity contribution in [2.24, 2.45) is 0 Å². The number of benzene rings is 2. The minimum atomic E-state index is -0.0752. The van der Waals surface area contributed by atoms with Crippen molar-refractivity contribution in [3.8, 4) is 17.2 Å². The SMILES string of the molecule is CCCCOc1ccc(/C=C\C(=O)N2CCN(C(=O)c3ccc(OC)cc3)CC2)cc1OC. The van der Waals surface area contributed by atoms with Gasteiger partial charge in [-0.05, 0) is 54.5 Å². The van der Waals surface area contributed by atoms with Crippen molar-refractivity contribution in [1.82, 2.24) is 9.80 Å². The van der Waals surface area contributed by atoms with Crippen molar-refractivity contribution in [2.75, 3.05) is 47.0 Å². The zero-order valence-electron chi connectivity index (χ0n) is 19.6. The molecule has 0 N–H and O–H groups in total. The number of ether oxygens (including phenoxy) is 3. The second-order valence-electron chi connectivity index (χ2n) is 7.79. The maximum Gasteiger partial charge on any atom is 0.253 e. The highest BCUT2D eigenvalue weighted by Crippen LogP contribution is 2.28. The van der Waals surface area contributed by atoms with Crippen LogP contribution >= 0.6 is 0 Å². The first-order chi connectivity index (χ1) is 16.0. The van der Waals surface area contributed by atoms with Gasteiger partial charge in [-0.15, -0.1) is 0 Å². The normalized spacial score (nSPS) is 13.8. The van der Waals surface area contributed by atoms with E-state index in [9.17, 15) is 9.59 Å². The Balaban J connectivity index is 1.53. The topological polar surface area (TPSA) is 68.3 Å². The largest absolute Gasteiger partial charge is 0.497 e. The lowest BCUT2D eigenvalue weighted by molar-refractivity contribution is -0.127. The maximum absolute atomic E-state index is 12.7. The molecule has 33 heavy (non-hydrogen) atoms. The van der Waals surface area contributed by atoms with Crippen molar-refractivity contribution in [3.63, 3.8) is 0 Å². The second kappa shape index (κ2) is 11.9. The van der Waals surface area contributed by atoms with Crippen LogP contribution in [0, 0.1) is 0 Å². The Morgan fingerprint density at radius 1 is 0.909 bits per heavy atom. The quantitative estimate of drug-likeness (QED) is 0.427. The van der Waals surface area contributed by atoms with Gasteiger partial charge >= 0.3 is 0 Å². The third-order valence-corrected chi connectivity index (χ3v) is 5.58. The van der Waals surface area contributed by atoms with Crippen LogP contribution in [0.3, 0.4) is 0 Å². The van der Waals surface area contributed by atoms with Crippen LogP contribution in [-0.4, -0.2) is 68.6 Å². The average molecular weight is 453 g/mol. The molecule has 2 aromatic rings. The molecule has 1 aliphatic rings. The summed E-state index contributed by atoms with van der Waals surface area (Å²) in [6.45, 7) is 4.76. The molecule has 0 unspecified atom stereocenters. The molecule has 7 nitrogen and oxygen atoms in total. The van der Waals surface area contributed by atoms with Crippen molar-refractivity contribution >= 4 is 17.9 Å². The Hall–Kier alpha value is -3.48. The van der Waals surface area contributed by atoms with Gasteiger partial charge in [0.1, 0.15) is 5.75 Å². The number of piperazine rings is 1. The Bertz CT molecular complexity index is 963. The molecule has 0 aromatic heterocycles. The third-order valence-electron chi connectivity index (χ3n) is 5.58. The number of hydrogen-bond acceptors (Lipinski definition) is 5. The summed E-state index contributed by atoms with van der Waals surface area (Å²) in [5.74, 6) is 1.95. The van der Waals surface area contributed by atoms with Crippen LogP contribution in [0.5, 0.6) is 17.2 Å². The van der Waals surface area contributed by atoms with E-state index in [-0.39, 0.29) is 11.8 Å². The van der Waals surface area contributed by atoms with Crippen LogP contribution in [0.4, 0.5) is 0 Å². The fraction of sp³-hybridized carbons (Fsp3) is 0.385. The molecule has 0 spiro atoms. The molecule has 7 heteroatoms. The number of carbonyl (C=O) groups excluding carboxylic acids is 2. The predicted octanol–water partition coefficient (Wildman–Crippen LogP) is 3.88. The summed E-state index contributed by atoms with van der Waals surface area (Å²) < 4.78 is 16.3. The molecule has 176 valence electrons. The van der Waals surface area contributed by atoms with Gasteiger partial charge in [0.15, 0.2) is 11.5 Å². The number of unbranched alkanes of at least 4 members (excludes halogenated alkanes) is 1. The van der Waals surface area contributed by atoms with E-state index in [2.05, 4.69) is 6.92 Å². The standard InChI is InChI=1S/C26H32N2O5/c1-4-5-18-33-23-12-6-20(19-24(23)32-3)7-13-25(29)27-14-16-28(17-15-27)26(30)21-8-10-22(31-2)11-9-21/h6-13,19H,4-5,14-18H2,1-3H3/b13-7-. The molecule has 1 aliphatic heterocycles. The van der Waals surface area contributed by atoms with E-state index in [1.807, 2.05) is 18.2 Å². The van der Waals surface area contributed by atoms with E-state index in [0.717, 1.165) is 18.4 Å². The molecular weight excluding hydrogens is 420 g/mol. The molecule has 3 rings (SSSR count). The molecule has 1 fully saturated rings. The first kappa shape index (κ1) is 24.2. The van der Waals surface area contributed by atoms with Gasteiger partial charge in [-0.1, -0.05) is 19.4 Å². The monoisotopic (exact) mass is 452 g/mol. The van der Waals surface area contributed by atoms with Gasteiger partial charge in [0.25, 0.3) is 5.91 Å². The highest BCUT2D eigenvalue weighted by atomic mass is 16.5. The lowest BCUT2D eigenvalue weighted by Crippen LogP contribution is -2.50. The van der Waals surface area contributed by atoms with Gasteiger partial charge < -0.3 is 24.0 Å². The summed E-state index contributed by atoms with van der Waals surface area (Å²) in [6.07, 6.45) is 5.39. The molecule has 2 aromatic carbocycles. The number of carbonyl (C=O) groups is 2. The van der Waals surface area contributed by atoms with Gasteiger partial charge in [0.2, 0.25) is 5.91 Å². The molecule has 0 atom stereocenters. The third kappa shape index (κ3) is 6.51. The van der Waals surface area contributed by atoms with E-state index in [0.29, 0.717) is 55.6 Å². The fourth-order valence-corrected chi connectivity index (χ4v) is 3.55. The van der Waals surface area contributed by atoms with E-state index in [4.69, 9.17) is 14.2 Å². The Morgan fingerprint density at radius 3 is 2.24 bits per heavy atom. The summed E-state index contributed by atoms with van der Waals surface area (Å²) in [4.78, 5) is 28.9. The minimum Gasteiger partial charge on any atom is -0.497 e. The Labute approximate surface area is 195 Å². The van der Waals surface area contributed by atoms with E-state index >= 15 is 0 Å². The highest BCUT2D eigenvalue weighted by Gasteiger charge is 2.24. The van der Waals surface area contributed by atoms with Crippen LogP contribution in [0.1, 0.15) is 35.7 Å². The number of rotatable bonds is 9. The molecular formula is C26H32N2O5. The number of nitrogens with zero attached hydrogens (tertiary/aromatic N) is 2. The first-order valence-electron chi connectivity index (χ1n) is 11.3. The van der Waals surface area contributed by atoms with Crippen LogP contribution in [0.2, 0.25) is 0 Å². The number of methoxy groups -OCH3 is 2.